The van der Waals surface area contributed by atoms with Crippen LogP contribution in [-0.4, -0.2) is 45.1 Å². The van der Waals surface area contributed by atoms with Gasteiger partial charge in [0, 0.05) is 38.9 Å². The smallest absolute Gasteiger partial charge is 0.256 e. The first-order chi connectivity index (χ1) is 16.9. The van der Waals surface area contributed by atoms with E-state index in [0.717, 1.165) is 42.7 Å². The maximum atomic E-state index is 13.6. The fourth-order valence-electron chi connectivity index (χ4n) is 5.37. The van der Waals surface area contributed by atoms with Crippen LogP contribution in [0.15, 0.2) is 22.7 Å². The van der Waals surface area contributed by atoms with Gasteiger partial charge in [0.05, 0.1) is 28.8 Å². The van der Waals surface area contributed by atoms with Crippen LogP contribution in [-0.2, 0) is 23.1 Å². The molecule has 3 aromatic rings. The van der Waals surface area contributed by atoms with Gasteiger partial charge in [-0.1, -0.05) is 18.0 Å². The Labute approximate surface area is 204 Å². The van der Waals surface area contributed by atoms with Gasteiger partial charge in [-0.2, -0.15) is 0 Å². The molecule has 1 aromatic carbocycles. The van der Waals surface area contributed by atoms with E-state index in [1.165, 1.54) is 12.8 Å². The van der Waals surface area contributed by atoms with Gasteiger partial charge in [0.2, 0.25) is 5.91 Å². The molecule has 1 saturated carbocycles. The molecule has 2 aromatic heterocycles. The zero-order valence-electron chi connectivity index (χ0n) is 20.7. The van der Waals surface area contributed by atoms with Crippen molar-refractivity contribution < 1.29 is 18.8 Å². The number of hydrogen-bond acceptors (Lipinski definition) is 6. The molecule has 35 heavy (non-hydrogen) atoms. The summed E-state index contributed by atoms with van der Waals surface area (Å²) in [7, 11) is 3.65. The van der Waals surface area contributed by atoms with Gasteiger partial charge in [0.25, 0.3) is 5.91 Å². The topological polar surface area (TPSA) is 102 Å². The number of ether oxygens (including phenoxy) is 1. The number of aromatic nitrogens is 3. The molecule has 1 N–H and O–H groups in total. The van der Waals surface area contributed by atoms with E-state index in [1.807, 2.05) is 30.7 Å². The molecule has 2 aliphatic rings. The summed E-state index contributed by atoms with van der Waals surface area (Å²) in [4.78, 5) is 32.9. The highest BCUT2D eigenvalue weighted by atomic mass is 16.5. The van der Waals surface area contributed by atoms with E-state index < -0.39 is 0 Å². The first-order valence-electron chi connectivity index (χ1n) is 12.5. The van der Waals surface area contributed by atoms with Crippen LogP contribution in [0.4, 0.5) is 5.69 Å². The first-order valence-corrected chi connectivity index (χ1v) is 12.5. The van der Waals surface area contributed by atoms with Crippen molar-refractivity contribution >= 4 is 28.5 Å². The Bertz CT molecular complexity index is 1230. The Morgan fingerprint density at radius 1 is 1.17 bits per heavy atom. The standard InChI is InChI=1S/C26H33N5O4/c1-16-11-19(35-29-16)15-30(2)26(33)20-13-18(27-23(32)12-17-7-4-5-8-17)14-21-24(20)31(3)25(28-21)22-9-6-10-34-22/h11,13-14,17,22H,4-10,12,15H2,1-3H3,(H,27,32). The van der Waals surface area contributed by atoms with Gasteiger partial charge in [-0.15, -0.1) is 0 Å². The molecular formula is C26H33N5O4. The molecule has 2 amide bonds. The Balaban J connectivity index is 1.48. The van der Waals surface area contributed by atoms with Crippen LogP contribution in [0.1, 0.15) is 78.7 Å². The van der Waals surface area contributed by atoms with Gasteiger partial charge in [-0.3, -0.25) is 9.59 Å². The second-order valence-corrected chi connectivity index (χ2v) is 9.92. The van der Waals surface area contributed by atoms with E-state index in [0.29, 0.717) is 41.5 Å². The first kappa shape index (κ1) is 23.5. The average molecular weight is 480 g/mol. The molecule has 0 spiro atoms. The number of hydrogen-bond donors (Lipinski definition) is 1. The van der Waals surface area contributed by atoms with E-state index in [2.05, 4.69) is 10.5 Å². The minimum Gasteiger partial charge on any atom is -0.370 e. The van der Waals surface area contributed by atoms with Gasteiger partial charge in [0.1, 0.15) is 11.9 Å². The molecule has 1 saturated heterocycles. The van der Waals surface area contributed by atoms with Crippen LogP contribution < -0.4 is 5.32 Å². The third-order valence-corrected chi connectivity index (χ3v) is 7.10. The lowest BCUT2D eigenvalue weighted by Crippen LogP contribution is -2.27. The zero-order chi connectivity index (χ0) is 24.5. The molecule has 2 fully saturated rings. The Kier molecular flexibility index (Phi) is 6.60. The predicted octanol–water partition coefficient (Wildman–Crippen LogP) is 4.51. The number of nitrogens with zero attached hydrogens (tertiary/aromatic N) is 4. The van der Waals surface area contributed by atoms with Crippen molar-refractivity contribution in [3.63, 3.8) is 0 Å². The summed E-state index contributed by atoms with van der Waals surface area (Å²) in [5.74, 6) is 1.65. The fraction of sp³-hybridized carbons (Fsp3) is 0.538. The number of nitrogens with one attached hydrogen (secondary N) is 1. The van der Waals surface area contributed by atoms with Crippen molar-refractivity contribution in [1.82, 2.24) is 19.6 Å². The lowest BCUT2D eigenvalue weighted by atomic mass is 10.0. The molecule has 9 heteroatoms. The Morgan fingerprint density at radius 2 is 1.97 bits per heavy atom. The normalized spacial score (nSPS) is 18.4. The van der Waals surface area contributed by atoms with Gasteiger partial charge in [-0.05, 0) is 50.7 Å². The van der Waals surface area contributed by atoms with Crippen molar-refractivity contribution in [2.45, 2.75) is 64.5 Å². The van der Waals surface area contributed by atoms with Gasteiger partial charge in [-0.25, -0.2) is 4.98 Å². The minimum atomic E-state index is -0.183. The van der Waals surface area contributed by atoms with Crippen LogP contribution >= 0.6 is 0 Å². The molecular weight excluding hydrogens is 446 g/mol. The van der Waals surface area contributed by atoms with Crippen LogP contribution in [0.5, 0.6) is 0 Å². The molecule has 1 unspecified atom stereocenters. The number of carbonyl (C=O) groups excluding carboxylic acids is 2. The van der Waals surface area contributed by atoms with Crippen molar-refractivity contribution in [1.29, 1.82) is 0 Å². The quantitative estimate of drug-likeness (QED) is 0.535. The number of anilines is 1. The van der Waals surface area contributed by atoms with Crippen molar-refractivity contribution in [2.75, 3.05) is 19.0 Å². The van der Waals surface area contributed by atoms with E-state index in [-0.39, 0.29) is 24.5 Å². The largest absolute Gasteiger partial charge is 0.370 e. The maximum absolute atomic E-state index is 13.6. The molecule has 1 atom stereocenters. The SMILES string of the molecule is Cc1cc(CN(C)C(=O)c2cc(NC(=O)CC3CCCC3)cc3nc(C4CCCO4)n(C)c23)on1. The number of imidazole rings is 1. The minimum absolute atomic E-state index is 0.0181. The lowest BCUT2D eigenvalue weighted by Gasteiger charge is -2.18. The van der Waals surface area contributed by atoms with Crippen molar-refractivity contribution in [3.8, 4) is 0 Å². The maximum Gasteiger partial charge on any atom is 0.256 e. The zero-order valence-corrected chi connectivity index (χ0v) is 20.7. The number of rotatable bonds is 7. The van der Waals surface area contributed by atoms with Crippen molar-refractivity contribution in [3.05, 3.63) is 41.0 Å². The molecule has 0 bridgehead atoms. The summed E-state index contributed by atoms with van der Waals surface area (Å²) in [5.41, 5.74) is 3.24. The number of amides is 2. The van der Waals surface area contributed by atoms with Crippen molar-refractivity contribution in [2.24, 2.45) is 13.0 Å². The third kappa shape index (κ3) is 4.96. The van der Waals surface area contributed by atoms with Crippen LogP contribution in [0.2, 0.25) is 0 Å². The van der Waals surface area contributed by atoms with Gasteiger partial charge >= 0.3 is 0 Å². The number of benzene rings is 1. The van der Waals surface area contributed by atoms with Crippen LogP contribution in [0.25, 0.3) is 11.0 Å². The number of carbonyl (C=O) groups is 2. The average Bonchev–Trinajstić information content (AvgIpc) is 3.62. The molecule has 1 aliphatic heterocycles. The number of fused-ring (bicyclic) bond motifs is 1. The fourth-order valence-corrected chi connectivity index (χ4v) is 5.37. The summed E-state index contributed by atoms with van der Waals surface area (Å²) >= 11 is 0. The van der Waals surface area contributed by atoms with E-state index in [9.17, 15) is 9.59 Å². The van der Waals surface area contributed by atoms with Crippen LogP contribution in [0, 0.1) is 12.8 Å². The molecule has 1 aliphatic carbocycles. The molecule has 186 valence electrons. The van der Waals surface area contributed by atoms with E-state index in [4.69, 9.17) is 14.2 Å². The summed E-state index contributed by atoms with van der Waals surface area (Å²) in [6.07, 6.45) is 6.90. The second-order valence-electron chi connectivity index (χ2n) is 9.92. The highest BCUT2D eigenvalue weighted by Gasteiger charge is 2.27. The summed E-state index contributed by atoms with van der Waals surface area (Å²) in [6, 6.07) is 5.44. The third-order valence-electron chi connectivity index (χ3n) is 7.10. The van der Waals surface area contributed by atoms with E-state index in [1.54, 1.807) is 18.0 Å². The monoisotopic (exact) mass is 479 g/mol. The molecule has 9 nitrogen and oxygen atoms in total. The Morgan fingerprint density at radius 3 is 2.66 bits per heavy atom. The molecule has 0 radical (unpaired) electrons. The number of aryl methyl sites for hydroxylation is 2. The van der Waals surface area contributed by atoms with Crippen LogP contribution in [0.3, 0.4) is 0 Å². The highest BCUT2D eigenvalue weighted by molar-refractivity contribution is 6.07. The summed E-state index contributed by atoms with van der Waals surface area (Å²) < 4.78 is 13.1. The van der Waals surface area contributed by atoms with E-state index >= 15 is 0 Å². The summed E-state index contributed by atoms with van der Waals surface area (Å²) in [5, 5.41) is 6.94. The molecule has 3 heterocycles. The Hall–Kier alpha value is -3.20. The van der Waals surface area contributed by atoms with Gasteiger partial charge in [0.15, 0.2) is 5.76 Å². The van der Waals surface area contributed by atoms with Gasteiger partial charge < -0.3 is 24.0 Å². The second kappa shape index (κ2) is 9.81. The highest BCUT2D eigenvalue weighted by Crippen LogP contribution is 2.33. The predicted molar refractivity (Wildman–Crippen MR) is 131 cm³/mol. The molecule has 5 rings (SSSR count). The lowest BCUT2D eigenvalue weighted by molar-refractivity contribution is -0.117. The summed E-state index contributed by atoms with van der Waals surface area (Å²) in [6.45, 7) is 2.84.